The van der Waals surface area contributed by atoms with E-state index in [1.54, 1.807) is 0 Å². The molecule has 1 aromatic carbocycles. The first-order chi connectivity index (χ1) is 9.46. The maximum Gasteiger partial charge on any atom is 0.501 e. The number of hydrogen-bond donors (Lipinski definition) is 1. The summed E-state index contributed by atoms with van der Waals surface area (Å²) >= 11 is 0. The predicted molar refractivity (Wildman–Crippen MR) is 59.8 cm³/mol. The third kappa shape index (κ3) is 3.59. The Balaban J connectivity index is 3.34. The van der Waals surface area contributed by atoms with Gasteiger partial charge in [0.15, 0.2) is 0 Å². The van der Waals surface area contributed by atoms with Crippen LogP contribution in [-0.2, 0) is 14.6 Å². The van der Waals surface area contributed by atoms with Gasteiger partial charge in [0.05, 0.1) is 22.3 Å². The van der Waals surface area contributed by atoms with Crippen molar-refractivity contribution in [3.8, 4) is 0 Å². The lowest BCUT2D eigenvalue weighted by molar-refractivity contribution is -0.384. The van der Waals surface area contributed by atoms with Gasteiger partial charge in [-0.15, -0.1) is 0 Å². The first-order valence-electron chi connectivity index (χ1n) is 5.00. The SMILES string of the molecule is O=C([O-])CNc1ccc(S(=O)(=O)C(F)(F)F)cc1[N+](=O)[O-]. The van der Waals surface area contributed by atoms with E-state index in [2.05, 4.69) is 0 Å². The van der Waals surface area contributed by atoms with Gasteiger partial charge in [-0.3, -0.25) is 10.1 Å². The molecule has 1 N–H and O–H groups in total. The molecule has 0 aromatic heterocycles. The largest absolute Gasteiger partial charge is 0.548 e. The molecule has 0 atom stereocenters. The maximum atomic E-state index is 12.3. The van der Waals surface area contributed by atoms with Crippen LogP contribution in [0.25, 0.3) is 0 Å². The van der Waals surface area contributed by atoms with Crippen LogP contribution in [0.1, 0.15) is 0 Å². The molecule has 1 aromatic rings. The summed E-state index contributed by atoms with van der Waals surface area (Å²) in [6.45, 7) is -0.841. The lowest BCUT2D eigenvalue weighted by Gasteiger charge is -2.11. The molecule has 0 spiro atoms. The third-order valence-electron chi connectivity index (χ3n) is 2.20. The van der Waals surface area contributed by atoms with Crippen LogP contribution in [0.2, 0.25) is 0 Å². The third-order valence-corrected chi connectivity index (χ3v) is 3.69. The summed E-state index contributed by atoms with van der Waals surface area (Å²) in [4.78, 5) is 18.5. The molecule has 0 heterocycles. The number of anilines is 1. The number of hydrogen-bond acceptors (Lipinski definition) is 7. The molecule has 0 fully saturated rings. The highest BCUT2D eigenvalue weighted by Gasteiger charge is 2.47. The second kappa shape index (κ2) is 5.55. The van der Waals surface area contributed by atoms with Gasteiger partial charge >= 0.3 is 5.51 Å². The molecule has 0 amide bonds. The summed E-state index contributed by atoms with van der Waals surface area (Å²) in [7, 11) is -5.74. The van der Waals surface area contributed by atoms with Crippen molar-refractivity contribution in [3.63, 3.8) is 0 Å². The molecule has 0 aliphatic heterocycles. The summed E-state index contributed by atoms with van der Waals surface area (Å²) < 4.78 is 59.3. The van der Waals surface area contributed by atoms with Crippen LogP contribution < -0.4 is 10.4 Å². The van der Waals surface area contributed by atoms with Crippen molar-refractivity contribution in [1.29, 1.82) is 0 Å². The van der Waals surface area contributed by atoms with Crippen LogP contribution in [0.5, 0.6) is 0 Å². The van der Waals surface area contributed by atoms with Crippen molar-refractivity contribution < 1.29 is 36.4 Å². The minimum atomic E-state index is -5.74. The molecular weight excluding hydrogens is 321 g/mol. The molecular formula is C9H6F3N2O6S-. The number of benzene rings is 1. The number of aliphatic carboxylic acids is 1. The fourth-order valence-corrected chi connectivity index (χ4v) is 2.06. The number of nitro groups is 1. The molecule has 0 radical (unpaired) electrons. The van der Waals surface area contributed by atoms with E-state index in [4.69, 9.17) is 0 Å². The number of rotatable bonds is 5. The highest BCUT2D eigenvalue weighted by Crippen LogP contribution is 2.34. The number of halogens is 3. The number of carboxylic acids is 1. The van der Waals surface area contributed by atoms with Crippen LogP contribution >= 0.6 is 0 Å². The number of carboxylic acid groups (broad SMARTS) is 1. The Morgan fingerprint density at radius 1 is 1.33 bits per heavy atom. The molecule has 0 saturated carbocycles. The van der Waals surface area contributed by atoms with Gasteiger partial charge in [0, 0.05) is 6.07 Å². The topological polar surface area (TPSA) is 129 Å². The summed E-state index contributed by atoms with van der Waals surface area (Å²) in [5, 5.41) is 23.0. The van der Waals surface area contributed by atoms with Crippen LogP contribution in [0.3, 0.4) is 0 Å². The quantitative estimate of drug-likeness (QED) is 0.597. The average molecular weight is 327 g/mol. The van der Waals surface area contributed by atoms with Crippen LogP contribution in [0.4, 0.5) is 24.5 Å². The van der Waals surface area contributed by atoms with Crippen molar-refractivity contribution in [2.45, 2.75) is 10.4 Å². The minimum Gasteiger partial charge on any atom is -0.548 e. The zero-order valence-corrected chi connectivity index (χ0v) is 10.7. The Morgan fingerprint density at radius 2 is 1.90 bits per heavy atom. The van der Waals surface area contributed by atoms with Gasteiger partial charge in [0.2, 0.25) is 0 Å². The van der Waals surface area contributed by atoms with Crippen molar-refractivity contribution in [2.24, 2.45) is 0 Å². The zero-order valence-electron chi connectivity index (χ0n) is 9.88. The smallest absolute Gasteiger partial charge is 0.501 e. The minimum absolute atomic E-state index is 0.195. The average Bonchev–Trinajstić information content (AvgIpc) is 2.34. The van der Waals surface area contributed by atoms with Crippen molar-refractivity contribution in [1.82, 2.24) is 0 Å². The number of nitrogens with one attached hydrogen (secondary N) is 1. The van der Waals surface area contributed by atoms with Crippen LogP contribution in [0, 0.1) is 10.1 Å². The molecule has 8 nitrogen and oxygen atoms in total. The number of sulfone groups is 1. The molecule has 0 aliphatic rings. The van der Waals surface area contributed by atoms with E-state index in [9.17, 15) is 41.6 Å². The summed E-state index contributed by atoms with van der Waals surface area (Å²) in [5.74, 6) is -1.61. The van der Waals surface area contributed by atoms with E-state index in [-0.39, 0.29) is 6.07 Å². The Bertz CT molecular complexity index is 685. The Hall–Kier alpha value is -2.37. The van der Waals surface area contributed by atoms with Gasteiger partial charge in [-0.25, -0.2) is 8.42 Å². The zero-order chi connectivity index (χ0) is 16.4. The molecule has 0 aliphatic carbocycles. The predicted octanol–water partition coefficient (Wildman–Crippen LogP) is 0.0501. The number of carbonyl (C=O) groups excluding carboxylic acids is 1. The van der Waals surface area contributed by atoms with E-state index in [0.717, 1.165) is 0 Å². The number of nitro benzene ring substituents is 1. The van der Waals surface area contributed by atoms with E-state index in [0.29, 0.717) is 12.1 Å². The van der Waals surface area contributed by atoms with Gasteiger partial charge in [-0.2, -0.15) is 13.2 Å². The molecule has 1 rings (SSSR count). The van der Waals surface area contributed by atoms with Crippen LogP contribution in [-0.4, -0.2) is 31.4 Å². The van der Waals surface area contributed by atoms with E-state index in [1.807, 2.05) is 5.32 Å². The normalized spacial score (nSPS) is 12.0. The number of alkyl halides is 3. The summed E-state index contributed by atoms with van der Waals surface area (Å²) in [6, 6.07) is 1.34. The molecule has 21 heavy (non-hydrogen) atoms. The standard InChI is InChI=1S/C9H7F3N2O6S/c10-9(11,12)21(19,20)5-1-2-6(13-4-8(15)16)7(3-5)14(17)18/h1-3,13H,4H2,(H,15,16)/p-1. The monoisotopic (exact) mass is 327 g/mol. The van der Waals surface area contributed by atoms with E-state index < -0.39 is 49.1 Å². The number of nitrogens with zero attached hydrogens (tertiary/aromatic N) is 1. The fourth-order valence-electron chi connectivity index (χ4n) is 1.28. The Kier molecular flexibility index (Phi) is 4.41. The highest BCUT2D eigenvalue weighted by molar-refractivity contribution is 7.92. The second-order valence-corrected chi connectivity index (χ2v) is 5.55. The summed E-state index contributed by atoms with van der Waals surface area (Å²) in [5.41, 5.74) is -7.08. The second-order valence-electron chi connectivity index (χ2n) is 3.61. The first-order valence-corrected chi connectivity index (χ1v) is 6.48. The maximum absolute atomic E-state index is 12.3. The van der Waals surface area contributed by atoms with Gasteiger partial charge in [-0.05, 0) is 12.1 Å². The van der Waals surface area contributed by atoms with Gasteiger partial charge in [0.25, 0.3) is 15.5 Å². The lowest BCUT2D eigenvalue weighted by atomic mass is 10.2. The van der Waals surface area contributed by atoms with Crippen LogP contribution in [0.15, 0.2) is 23.1 Å². The fraction of sp³-hybridized carbons (Fsp3) is 0.222. The van der Waals surface area contributed by atoms with Crippen molar-refractivity contribution in [3.05, 3.63) is 28.3 Å². The van der Waals surface area contributed by atoms with Crippen molar-refractivity contribution >= 4 is 27.2 Å². The van der Waals surface area contributed by atoms with Gasteiger partial charge < -0.3 is 15.2 Å². The Labute approximate surface area is 115 Å². The molecule has 12 heteroatoms. The van der Waals surface area contributed by atoms with Crippen molar-refractivity contribution in [2.75, 3.05) is 11.9 Å². The molecule has 0 bridgehead atoms. The summed E-state index contributed by atoms with van der Waals surface area (Å²) in [6.07, 6.45) is 0. The molecule has 0 saturated heterocycles. The van der Waals surface area contributed by atoms with Gasteiger partial charge in [0.1, 0.15) is 5.69 Å². The lowest BCUT2D eigenvalue weighted by Crippen LogP contribution is -2.30. The highest BCUT2D eigenvalue weighted by atomic mass is 32.2. The first kappa shape index (κ1) is 16.7. The molecule has 116 valence electrons. The van der Waals surface area contributed by atoms with E-state index >= 15 is 0 Å². The van der Waals surface area contributed by atoms with Gasteiger partial charge in [-0.1, -0.05) is 0 Å². The van der Waals surface area contributed by atoms with E-state index in [1.165, 1.54) is 0 Å². The number of carbonyl (C=O) groups is 1. The molecule has 0 unspecified atom stereocenters. The Morgan fingerprint density at radius 3 is 2.33 bits per heavy atom.